The Morgan fingerprint density at radius 1 is 1.14 bits per heavy atom. The van der Waals surface area contributed by atoms with Gasteiger partial charge in [0.05, 0.1) is 18.3 Å². The predicted molar refractivity (Wildman–Crippen MR) is 138 cm³/mol. The largest absolute Gasteiger partial charge is 0.347 e. The Labute approximate surface area is 215 Å². The molecule has 1 aromatic carbocycles. The number of rotatable bonds is 6. The Hall–Kier alpha value is -2.73. The number of anilines is 1. The van der Waals surface area contributed by atoms with E-state index in [1.165, 1.54) is 4.31 Å². The summed E-state index contributed by atoms with van der Waals surface area (Å²) in [5, 5.41) is 4.70. The molecule has 2 aromatic heterocycles. The maximum atomic E-state index is 13.5. The summed E-state index contributed by atoms with van der Waals surface area (Å²) in [6, 6.07) is 8.38. The number of carbonyl (C=O) groups excluding carboxylic acids is 1. The molecular formula is C24H30ClN7O3S. The van der Waals surface area contributed by atoms with Gasteiger partial charge in [0.1, 0.15) is 5.03 Å². The van der Waals surface area contributed by atoms with Crippen LogP contribution >= 0.6 is 11.6 Å². The number of hydrogen-bond acceptors (Lipinski definition) is 7. The summed E-state index contributed by atoms with van der Waals surface area (Å²) in [6.07, 6.45) is 3.55. The lowest BCUT2D eigenvalue weighted by atomic mass is 9.86. The van der Waals surface area contributed by atoms with Gasteiger partial charge in [-0.2, -0.15) is 4.31 Å². The van der Waals surface area contributed by atoms with Gasteiger partial charge in [0.15, 0.2) is 0 Å². The summed E-state index contributed by atoms with van der Waals surface area (Å²) in [7, 11) is -0.121. The topological polar surface area (TPSA) is 115 Å². The number of piperidine rings is 1. The normalized spacial score (nSPS) is 19.1. The van der Waals surface area contributed by atoms with Crippen molar-refractivity contribution in [2.24, 2.45) is 5.92 Å². The maximum absolute atomic E-state index is 13.5. The van der Waals surface area contributed by atoms with Crippen molar-refractivity contribution >= 4 is 44.4 Å². The molecule has 192 valence electrons. The third-order valence-corrected chi connectivity index (χ3v) is 8.94. The first kappa shape index (κ1) is 24.9. The number of piperazine rings is 1. The molecule has 2 N–H and O–H groups in total. The summed E-state index contributed by atoms with van der Waals surface area (Å²) >= 11 is 6.05. The predicted octanol–water partition coefficient (Wildman–Crippen LogP) is 2.25. The van der Waals surface area contributed by atoms with Gasteiger partial charge < -0.3 is 20.1 Å². The van der Waals surface area contributed by atoms with E-state index in [9.17, 15) is 13.2 Å². The third kappa shape index (κ3) is 4.80. The molecule has 1 unspecified atom stereocenters. The quantitative estimate of drug-likeness (QED) is 0.501. The van der Waals surface area contributed by atoms with Gasteiger partial charge in [0, 0.05) is 49.3 Å². The van der Waals surface area contributed by atoms with Crippen molar-refractivity contribution in [3.8, 4) is 0 Å². The van der Waals surface area contributed by atoms with E-state index in [2.05, 4.69) is 15.3 Å². The molecule has 0 bridgehead atoms. The number of H-pyrrole nitrogens is 1. The summed E-state index contributed by atoms with van der Waals surface area (Å²) < 4.78 is 28.1. The maximum Gasteiger partial charge on any atom is 0.259 e. The Morgan fingerprint density at radius 2 is 1.92 bits per heavy atom. The van der Waals surface area contributed by atoms with E-state index in [0.717, 1.165) is 37.0 Å². The molecule has 0 saturated carbocycles. The second-order valence-electron chi connectivity index (χ2n) is 9.50. The van der Waals surface area contributed by atoms with E-state index in [4.69, 9.17) is 16.6 Å². The molecular weight excluding hydrogens is 502 g/mol. The lowest BCUT2D eigenvalue weighted by Gasteiger charge is -2.42. The number of nitrogens with one attached hydrogen (secondary N) is 2. The summed E-state index contributed by atoms with van der Waals surface area (Å²) in [5.74, 6) is 0.582. The van der Waals surface area contributed by atoms with Gasteiger partial charge in [-0.1, -0.05) is 17.7 Å². The van der Waals surface area contributed by atoms with E-state index in [-0.39, 0.29) is 36.0 Å². The summed E-state index contributed by atoms with van der Waals surface area (Å²) in [6.45, 7) is 2.03. The standard InChI is InChI=1S/C24H30ClN7O3S/c1-30(2)24-27-10-7-19(29-24)23(16-5-8-26-9-6-16)32-12-11-31(15-22(32)33)36(34,35)21-13-17-3-4-18(25)14-20(17)28-21/h3-4,7,10,13-14,16,23,26,28H,5-6,8-9,11-12,15H2,1-2H3. The fraction of sp³-hybridized carbons (Fsp3) is 0.458. The molecule has 0 aliphatic carbocycles. The molecule has 4 heterocycles. The van der Waals surface area contributed by atoms with Gasteiger partial charge in [-0.15, -0.1) is 0 Å². The zero-order valence-corrected chi connectivity index (χ0v) is 21.9. The number of carbonyl (C=O) groups is 1. The van der Waals surface area contributed by atoms with Crippen molar-refractivity contribution in [1.29, 1.82) is 0 Å². The minimum Gasteiger partial charge on any atom is -0.347 e. The zero-order chi connectivity index (χ0) is 25.4. The SMILES string of the molecule is CN(C)c1nccc(C(C2CCNCC2)N2CCN(S(=O)(=O)c3cc4ccc(Cl)cc4[nH]3)CC2=O)n1. The van der Waals surface area contributed by atoms with E-state index in [0.29, 0.717) is 23.0 Å². The molecule has 10 nitrogen and oxygen atoms in total. The molecule has 0 radical (unpaired) electrons. The number of amides is 1. The van der Waals surface area contributed by atoms with Crippen molar-refractivity contribution in [1.82, 2.24) is 29.5 Å². The number of sulfonamides is 1. The van der Waals surface area contributed by atoms with Gasteiger partial charge in [0.2, 0.25) is 11.9 Å². The van der Waals surface area contributed by atoms with Crippen LogP contribution in [0.25, 0.3) is 10.9 Å². The number of fused-ring (bicyclic) bond motifs is 1. The first-order valence-electron chi connectivity index (χ1n) is 12.0. The number of benzene rings is 1. The highest BCUT2D eigenvalue weighted by molar-refractivity contribution is 7.89. The first-order chi connectivity index (χ1) is 17.2. The van der Waals surface area contributed by atoms with Crippen molar-refractivity contribution < 1.29 is 13.2 Å². The molecule has 2 saturated heterocycles. The van der Waals surface area contributed by atoms with Crippen LogP contribution in [0.1, 0.15) is 24.6 Å². The monoisotopic (exact) mass is 531 g/mol. The van der Waals surface area contributed by atoms with E-state index >= 15 is 0 Å². The molecule has 36 heavy (non-hydrogen) atoms. The third-order valence-electron chi connectivity index (χ3n) is 6.93. The number of aromatic amines is 1. The fourth-order valence-electron chi connectivity index (χ4n) is 5.07. The molecule has 2 fully saturated rings. The molecule has 5 rings (SSSR count). The van der Waals surface area contributed by atoms with Crippen molar-refractivity contribution in [3.05, 3.63) is 47.2 Å². The highest BCUT2D eigenvalue weighted by Gasteiger charge is 2.40. The Morgan fingerprint density at radius 3 is 2.64 bits per heavy atom. The zero-order valence-electron chi connectivity index (χ0n) is 20.3. The van der Waals surface area contributed by atoms with E-state index in [1.807, 2.05) is 30.0 Å². The number of nitrogens with zero attached hydrogens (tertiary/aromatic N) is 5. The molecule has 12 heteroatoms. The molecule has 1 atom stereocenters. The number of aromatic nitrogens is 3. The fourth-order valence-corrected chi connectivity index (χ4v) is 6.64. The number of halogens is 1. The number of hydrogen-bond donors (Lipinski definition) is 2. The van der Waals surface area contributed by atoms with Crippen LogP contribution < -0.4 is 10.2 Å². The average molecular weight is 532 g/mol. The average Bonchev–Trinajstić information content (AvgIpc) is 3.30. The lowest BCUT2D eigenvalue weighted by Crippen LogP contribution is -2.54. The molecule has 2 aliphatic rings. The van der Waals surface area contributed by atoms with Crippen LogP contribution in [0.5, 0.6) is 0 Å². The van der Waals surface area contributed by atoms with Gasteiger partial charge in [-0.25, -0.2) is 18.4 Å². The van der Waals surface area contributed by atoms with E-state index < -0.39 is 10.0 Å². The van der Waals surface area contributed by atoms with Crippen LogP contribution in [0.15, 0.2) is 41.6 Å². The van der Waals surface area contributed by atoms with Gasteiger partial charge >= 0.3 is 0 Å². The van der Waals surface area contributed by atoms with Crippen molar-refractivity contribution in [3.63, 3.8) is 0 Å². The molecule has 1 amide bonds. The Kier molecular flexibility index (Phi) is 6.90. The van der Waals surface area contributed by atoms with E-state index in [1.54, 1.807) is 30.5 Å². The highest BCUT2D eigenvalue weighted by Crippen LogP contribution is 2.35. The van der Waals surface area contributed by atoms with Gasteiger partial charge in [0.25, 0.3) is 10.0 Å². The highest BCUT2D eigenvalue weighted by atomic mass is 35.5. The minimum absolute atomic E-state index is 0.0577. The van der Waals surface area contributed by atoms with Crippen molar-refractivity contribution in [2.45, 2.75) is 23.9 Å². The molecule has 3 aromatic rings. The van der Waals surface area contributed by atoms with Gasteiger partial charge in [-0.05, 0) is 56.1 Å². The van der Waals surface area contributed by atoms with Crippen LogP contribution in [0.2, 0.25) is 5.02 Å². The van der Waals surface area contributed by atoms with Crippen LogP contribution in [0.3, 0.4) is 0 Å². The van der Waals surface area contributed by atoms with Crippen molar-refractivity contribution in [2.75, 3.05) is 51.7 Å². The summed E-state index contributed by atoms with van der Waals surface area (Å²) in [5.41, 5.74) is 1.43. The molecule has 0 spiro atoms. The lowest BCUT2D eigenvalue weighted by molar-refractivity contribution is -0.138. The minimum atomic E-state index is -3.88. The van der Waals surface area contributed by atoms with Crippen LogP contribution in [-0.4, -0.2) is 85.3 Å². The second kappa shape index (κ2) is 9.97. The smallest absolute Gasteiger partial charge is 0.259 e. The molecule has 2 aliphatic heterocycles. The second-order valence-corrected chi connectivity index (χ2v) is 11.8. The first-order valence-corrected chi connectivity index (χ1v) is 13.8. The Bertz CT molecular complexity index is 1370. The van der Waals surface area contributed by atoms with Crippen LogP contribution in [-0.2, 0) is 14.8 Å². The van der Waals surface area contributed by atoms with Crippen LogP contribution in [0, 0.1) is 5.92 Å². The summed E-state index contributed by atoms with van der Waals surface area (Å²) in [4.78, 5) is 29.2. The van der Waals surface area contributed by atoms with Gasteiger partial charge in [-0.3, -0.25) is 4.79 Å². The Balaban J connectivity index is 1.41. The van der Waals surface area contributed by atoms with Crippen LogP contribution in [0.4, 0.5) is 5.95 Å².